The van der Waals surface area contributed by atoms with Crippen molar-refractivity contribution in [1.29, 1.82) is 0 Å². The molecule has 3 aromatic carbocycles. The van der Waals surface area contributed by atoms with E-state index in [1.54, 1.807) is 54.6 Å². The molecule has 0 bridgehead atoms. The molecule has 0 aromatic heterocycles. The molecule has 1 saturated heterocycles. The molecule has 3 aromatic rings. The lowest BCUT2D eigenvalue weighted by atomic mass is 10.0. The monoisotopic (exact) mass is 674 g/mol. The Morgan fingerprint density at radius 2 is 1.29 bits per heavy atom. The van der Waals surface area contributed by atoms with E-state index in [0.717, 1.165) is 0 Å². The standard InChI is InChI=1S/C35H42N6O8/c1-20(38-33(47)27(36)15-22-7-11-24(42)12-8-22)32(46)40-29(17-21-5-3-2-4-6-21)35(49)41-19-26(44)18-30(41)34(48)39-28(31(37)45)16-23-9-13-25(43)14-10-23/h2-14,20,26-30,42-44H,15-19,36H2,1H3,(H2,37,45)(H,38,47)(H,39,48)(H,40,46)/t20-,26+,27+,28-,29+,30+/m0/s1. The lowest BCUT2D eigenvalue weighted by molar-refractivity contribution is -0.142. The molecule has 4 rings (SSSR count). The average molecular weight is 675 g/mol. The number of benzene rings is 3. The average Bonchev–Trinajstić information content (AvgIpc) is 3.47. The van der Waals surface area contributed by atoms with Crippen molar-refractivity contribution in [2.75, 3.05) is 6.54 Å². The van der Waals surface area contributed by atoms with Crippen LogP contribution in [0.5, 0.6) is 11.5 Å². The number of aliphatic hydroxyl groups excluding tert-OH is 1. The van der Waals surface area contributed by atoms with E-state index >= 15 is 0 Å². The molecule has 0 unspecified atom stereocenters. The summed E-state index contributed by atoms with van der Waals surface area (Å²) in [6, 6.07) is 15.5. The maximum absolute atomic E-state index is 14.0. The van der Waals surface area contributed by atoms with Crippen LogP contribution in [-0.4, -0.2) is 92.6 Å². The Kier molecular flexibility index (Phi) is 12.3. The molecule has 0 spiro atoms. The number of amides is 5. The van der Waals surface area contributed by atoms with Crippen LogP contribution in [0.15, 0.2) is 78.9 Å². The number of nitrogens with two attached hydrogens (primary N) is 2. The van der Waals surface area contributed by atoms with Gasteiger partial charge in [0.1, 0.15) is 35.7 Å². The number of aromatic hydroxyl groups is 2. The molecule has 0 aliphatic carbocycles. The number of aliphatic hydroxyl groups is 1. The number of primary amides is 1. The molecule has 260 valence electrons. The molecular formula is C35H42N6O8. The van der Waals surface area contributed by atoms with Gasteiger partial charge in [-0.15, -0.1) is 0 Å². The van der Waals surface area contributed by atoms with Crippen molar-refractivity contribution in [2.24, 2.45) is 11.5 Å². The third-order valence-electron chi connectivity index (χ3n) is 8.28. The van der Waals surface area contributed by atoms with Crippen molar-refractivity contribution in [2.45, 2.75) is 68.9 Å². The minimum atomic E-state index is -1.19. The van der Waals surface area contributed by atoms with Gasteiger partial charge in [0.15, 0.2) is 0 Å². The zero-order valence-electron chi connectivity index (χ0n) is 27.0. The summed E-state index contributed by atoms with van der Waals surface area (Å²) < 4.78 is 0. The maximum Gasteiger partial charge on any atom is 0.246 e. The molecule has 1 aliphatic rings. The van der Waals surface area contributed by atoms with Gasteiger partial charge in [0, 0.05) is 25.8 Å². The van der Waals surface area contributed by atoms with Crippen LogP contribution in [0.4, 0.5) is 0 Å². The second-order valence-corrected chi connectivity index (χ2v) is 12.2. The quantitative estimate of drug-likeness (QED) is 0.109. The van der Waals surface area contributed by atoms with Gasteiger partial charge < -0.3 is 47.6 Å². The topological polar surface area (TPSA) is 237 Å². The van der Waals surface area contributed by atoms with Crippen molar-refractivity contribution in [3.8, 4) is 11.5 Å². The van der Waals surface area contributed by atoms with Crippen molar-refractivity contribution in [3.63, 3.8) is 0 Å². The van der Waals surface area contributed by atoms with Gasteiger partial charge in [-0.25, -0.2) is 0 Å². The number of phenols is 2. The summed E-state index contributed by atoms with van der Waals surface area (Å²) in [6.07, 6.45) is -0.941. The highest BCUT2D eigenvalue weighted by Crippen LogP contribution is 2.21. The van der Waals surface area contributed by atoms with Crippen molar-refractivity contribution >= 4 is 29.5 Å². The number of rotatable bonds is 14. The Morgan fingerprint density at radius 3 is 1.86 bits per heavy atom. The van der Waals surface area contributed by atoms with E-state index < -0.39 is 65.8 Å². The van der Waals surface area contributed by atoms with Crippen LogP contribution in [0.3, 0.4) is 0 Å². The predicted octanol–water partition coefficient (Wildman–Crippen LogP) is -0.626. The van der Waals surface area contributed by atoms with Gasteiger partial charge in [-0.2, -0.15) is 0 Å². The SMILES string of the molecule is C[C@H](NC(=O)[C@H](N)Cc1ccc(O)cc1)C(=O)N[C@H](Cc1ccccc1)C(=O)N1C[C@H](O)C[C@@H]1C(=O)N[C@@H](Cc1ccc(O)cc1)C(N)=O. The fourth-order valence-electron chi connectivity index (χ4n) is 5.58. The molecule has 14 heteroatoms. The number of hydrogen-bond acceptors (Lipinski definition) is 9. The number of β-amino-alcohol motifs (C(OH)–C–C–N with tert-alkyl or cyclic N) is 1. The number of nitrogens with one attached hydrogen (secondary N) is 3. The van der Waals surface area contributed by atoms with Gasteiger partial charge in [-0.3, -0.25) is 24.0 Å². The Bertz CT molecular complexity index is 1620. The van der Waals surface area contributed by atoms with E-state index in [1.807, 2.05) is 0 Å². The molecule has 0 radical (unpaired) electrons. The number of carbonyl (C=O) groups excluding carboxylic acids is 5. The summed E-state index contributed by atoms with van der Waals surface area (Å²) >= 11 is 0. The van der Waals surface area contributed by atoms with Crippen molar-refractivity contribution in [1.82, 2.24) is 20.9 Å². The minimum Gasteiger partial charge on any atom is -0.508 e. The van der Waals surface area contributed by atoms with E-state index in [9.17, 15) is 39.3 Å². The first-order valence-corrected chi connectivity index (χ1v) is 15.8. The van der Waals surface area contributed by atoms with Crippen molar-refractivity contribution in [3.05, 3.63) is 95.6 Å². The molecule has 0 saturated carbocycles. The summed E-state index contributed by atoms with van der Waals surface area (Å²) in [4.78, 5) is 67.1. The van der Waals surface area contributed by atoms with Gasteiger partial charge in [0.05, 0.1) is 12.1 Å². The summed E-state index contributed by atoms with van der Waals surface area (Å²) in [5, 5.41) is 37.4. The fraction of sp³-hybridized carbons (Fsp3) is 0.343. The predicted molar refractivity (Wildman–Crippen MR) is 179 cm³/mol. The molecule has 49 heavy (non-hydrogen) atoms. The van der Waals surface area contributed by atoms with E-state index in [1.165, 1.54) is 36.1 Å². The summed E-state index contributed by atoms with van der Waals surface area (Å²) in [5.74, 6) is -3.35. The lowest BCUT2D eigenvalue weighted by Crippen LogP contribution is -2.58. The zero-order valence-corrected chi connectivity index (χ0v) is 27.0. The molecule has 1 fully saturated rings. The first-order valence-electron chi connectivity index (χ1n) is 15.8. The fourth-order valence-corrected chi connectivity index (χ4v) is 5.58. The Balaban J connectivity index is 1.46. The van der Waals surface area contributed by atoms with E-state index in [4.69, 9.17) is 11.5 Å². The van der Waals surface area contributed by atoms with Gasteiger partial charge in [0.25, 0.3) is 0 Å². The molecule has 1 aliphatic heterocycles. The minimum absolute atomic E-state index is 0.0273. The second-order valence-electron chi connectivity index (χ2n) is 12.2. The Hall–Kier alpha value is -5.47. The van der Waals surface area contributed by atoms with Crippen LogP contribution in [0, 0.1) is 0 Å². The van der Waals surface area contributed by atoms with Crippen molar-refractivity contribution < 1.29 is 39.3 Å². The summed E-state index contributed by atoms with van der Waals surface area (Å²) in [6.45, 7) is 1.24. The molecule has 6 atom stereocenters. The van der Waals surface area contributed by atoms with Gasteiger partial charge in [-0.05, 0) is 54.3 Å². The first-order chi connectivity index (χ1) is 23.3. The Morgan fingerprint density at radius 1 is 0.755 bits per heavy atom. The molecule has 5 amide bonds. The highest BCUT2D eigenvalue weighted by atomic mass is 16.3. The highest BCUT2D eigenvalue weighted by molar-refractivity contribution is 5.96. The van der Waals surface area contributed by atoms with Crippen LogP contribution in [0.2, 0.25) is 0 Å². The number of phenolic OH excluding ortho intramolecular Hbond substituents is 2. The number of nitrogens with zero attached hydrogens (tertiary/aromatic N) is 1. The highest BCUT2D eigenvalue weighted by Gasteiger charge is 2.42. The molecule has 10 N–H and O–H groups in total. The van der Waals surface area contributed by atoms with E-state index in [-0.39, 0.29) is 43.7 Å². The Labute approximate surface area is 283 Å². The number of carbonyl (C=O) groups is 5. The van der Waals surface area contributed by atoms with Gasteiger partial charge >= 0.3 is 0 Å². The van der Waals surface area contributed by atoms with Crippen LogP contribution < -0.4 is 27.4 Å². The van der Waals surface area contributed by atoms with Crippen LogP contribution in [-0.2, 0) is 43.2 Å². The maximum atomic E-state index is 14.0. The smallest absolute Gasteiger partial charge is 0.246 e. The second kappa shape index (κ2) is 16.6. The van der Waals surface area contributed by atoms with E-state index in [0.29, 0.717) is 16.7 Å². The van der Waals surface area contributed by atoms with Crippen LogP contribution >= 0.6 is 0 Å². The zero-order chi connectivity index (χ0) is 35.7. The van der Waals surface area contributed by atoms with Crippen LogP contribution in [0.1, 0.15) is 30.0 Å². The summed E-state index contributed by atoms with van der Waals surface area (Å²) in [7, 11) is 0. The van der Waals surface area contributed by atoms with Crippen LogP contribution in [0.25, 0.3) is 0 Å². The third-order valence-corrected chi connectivity index (χ3v) is 8.28. The molecule has 1 heterocycles. The largest absolute Gasteiger partial charge is 0.508 e. The lowest BCUT2D eigenvalue weighted by Gasteiger charge is -2.30. The molecular weight excluding hydrogens is 632 g/mol. The molecule has 14 nitrogen and oxygen atoms in total. The third kappa shape index (κ3) is 10.3. The van der Waals surface area contributed by atoms with Gasteiger partial charge in [-0.1, -0.05) is 54.6 Å². The number of likely N-dealkylation sites (tertiary alicyclic amines) is 1. The number of hydrogen-bond donors (Lipinski definition) is 8. The first kappa shape index (κ1) is 36.4. The normalized spacial score (nSPS) is 18.1. The van der Waals surface area contributed by atoms with E-state index in [2.05, 4.69) is 16.0 Å². The van der Waals surface area contributed by atoms with Gasteiger partial charge in [0.2, 0.25) is 29.5 Å². The summed E-state index contributed by atoms with van der Waals surface area (Å²) in [5.41, 5.74) is 13.7.